The largest absolute Gasteiger partial charge is 0.391 e. The van der Waals surface area contributed by atoms with E-state index in [1.54, 1.807) is 6.07 Å². The van der Waals surface area contributed by atoms with Gasteiger partial charge in [0.15, 0.2) is 0 Å². The molecule has 1 aliphatic rings. The minimum atomic E-state index is -0.282. The lowest BCUT2D eigenvalue weighted by atomic mass is 9.96. The van der Waals surface area contributed by atoms with E-state index in [0.717, 1.165) is 18.8 Å². The number of anilines is 2. The van der Waals surface area contributed by atoms with Crippen LogP contribution in [0.15, 0.2) is 12.4 Å². The van der Waals surface area contributed by atoms with Gasteiger partial charge in [-0.15, -0.1) is 0 Å². The van der Waals surface area contributed by atoms with Crippen LogP contribution in [0.25, 0.3) is 0 Å². The lowest BCUT2D eigenvalue weighted by molar-refractivity contribution is 0.102. The molecule has 1 aliphatic heterocycles. The standard InChI is InChI=1S/C10H16N4O/c1-7-2-3-14(5-8(7)15)10-4-9(11)12-6-13-10/h4,6-8,15H,2-3,5H2,1H3,(H2,11,12,13). The molecule has 0 radical (unpaired) electrons. The molecule has 1 saturated heterocycles. The lowest BCUT2D eigenvalue weighted by Gasteiger charge is -2.34. The summed E-state index contributed by atoms with van der Waals surface area (Å²) in [6.45, 7) is 3.60. The Morgan fingerprint density at radius 1 is 1.53 bits per heavy atom. The van der Waals surface area contributed by atoms with Crippen molar-refractivity contribution in [2.24, 2.45) is 5.92 Å². The van der Waals surface area contributed by atoms with Gasteiger partial charge in [0.2, 0.25) is 0 Å². The maximum Gasteiger partial charge on any atom is 0.134 e. The van der Waals surface area contributed by atoms with E-state index in [2.05, 4.69) is 16.9 Å². The number of hydrogen-bond donors (Lipinski definition) is 2. The van der Waals surface area contributed by atoms with E-state index in [0.29, 0.717) is 18.3 Å². The number of nitrogens with zero attached hydrogens (tertiary/aromatic N) is 3. The average molecular weight is 208 g/mol. The molecule has 2 heterocycles. The van der Waals surface area contributed by atoms with Crippen molar-refractivity contribution in [1.29, 1.82) is 0 Å². The molecule has 0 bridgehead atoms. The van der Waals surface area contributed by atoms with Crippen LogP contribution in [0.5, 0.6) is 0 Å². The first-order chi connectivity index (χ1) is 7.16. The van der Waals surface area contributed by atoms with Crippen molar-refractivity contribution in [3.63, 3.8) is 0 Å². The first kappa shape index (κ1) is 10.2. The van der Waals surface area contributed by atoms with Gasteiger partial charge in [-0.1, -0.05) is 6.92 Å². The number of aliphatic hydroxyl groups excluding tert-OH is 1. The second-order valence-electron chi connectivity index (χ2n) is 4.08. The van der Waals surface area contributed by atoms with Gasteiger partial charge in [-0.05, 0) is 12.3 Å². The van der Waals surface area contributed by atoms with Crippen molar-refractivity contribution in [2.45, 2.75) is 19.4 Å². The normalized spacial score (nSPS) is 26.7. The summed E-state index contributed by atoms with van der Waals surface area (Å²) in [5, 5.41) is 9.76. The summed E-state index contributed by atoms with van der Waals surface area (Å²) in [5.74, 6) is 1.63. The number of piperidine rings is 1. The number of hydrogen-bond acceptors (Lipinski definition) is 5. The highest BCUT2D eigenvalue weighted by molar-refractivity contribution is 5.46. The van der Waals surface area contributed by atoms with Crippen LogP contribution < -0.4 is 10.6 Å². The lowest BCUT2D eigenvalue weighted by Crippen LogP contribution is -2.43. The molecule has 1 fully saturated rings. The molecule has 15 heavy (non-hydrogen) atoms. The molecule has 5 nitrogen and oxygen atoms in total. The Morgan fingerprint density at radius 2 is 2.33 bits per heavy atom. The fraction of sp³-hybridized carbons (Fsp3) is 0.600. The third kappa shape index (κ3) is 2.18. The summed E-state index contributed by atoms with van der Waals surface area (Å²) in [6, 6.07) is 1.74. The van der Waals surface area contributed by atoms with E-state index in [1.807, 2.05) is 4.90 Å². The van der Waals surface area contributed by atoms with Crippen molar-refractivity contribution < 1.29 is 5.11 Å². The maximum atomic E-state index is 9.76. The molecular formula is C10H16N4O. The van der Waals surface area contributed by atoms with Crippen molar-refractivity contribution in [2.75, 3.05) is 23.7 Å². The van der Waals surface area contributed by atoms with Crippen LogP contribution in [-0.2, 0) is 0 Å². The first-order valence-corrected chi connectivity index (χ1v) is 5.17. The molecule has 0 spiro atoms. The number of aromatic nitrogens is 2. The van der Waals surface area contributed by atoms with Crippen molar-refractivity contribution in [3.05, 3.63) is 12.4 Å². The Balaban J connectivity index is 2.12. The number of nitrogens with two attached hydrogens (primary N) is 1. The highest BCUT2D eigenvalue weighted by Crippen LogP contribution is 2.21. The summed E-state index contributed by atoms with van der Waals surface area (Å²) in [7, 11) is 0. The summed E-state index contributed by atoms with van der Waals surface area (Å²) in [5.41, 5.74) is 5.59. The predicted molar refractivity (Wildman–Crippen MR) is 58.4 cm³/mol. The van der Waals surface area contributed by atoms with E-state index in [4.69, 9.17) is 5.73 Å². The molecule has 1 aromatic rings. The van der Waals surface area contributed by atoms with Gasteiger partial charge in [0, 0.05) is 19.2 Å². The molecular weight excluding hydrogens is 192 g/mol. The van der Waals surface area contributed by atoms with Gasteiger partial charge in [0.1, 0.15) is 18.0 Å². The van der Waals surface area contributed by atoms with Gasteiger partial charge in [-0.2, -0.15) is 0 Å². The van der Waals surface area contributed by atoms with E-state index >= 15 is 0 Å². The van der Waals surface area contributed by atoms with Crippen LogP contribution in [0.3, 0.4) is 0 Å². The molecule has 5 heteroatoms. The number of nitrogen functional groups attached to an aromatic ring is 1. The predicted octanol–water partition coefficient (Wildman–Crippen LogP) is 0.266. The second-order valence-corrected chi connectivity index (χ2v) is 4.08. The van der Waals surface area contributed by atoms with Crippen LogP contribution >= 0.6 is 0 Å². The molecule has 0 aliphatic carbocycles. The average Bonchev–Trinajstić information content (AvgIpc) is 2.22. The summed E-state index contributed by atoms with van der Waals surface area (Å²) >= 11 is 0. The Hall–Kier alpha value is -1.36. The summed E-state index contributed by atoms with van der Waals surface area (Å²) in [4.78, 5) is 10.0. The van der Waals surface area contributed by atoms with Gasteiger partial charge >= 0.3 is 0 Å². The molecule has 2 atom stereocenters. The monoisotopic (exact) mass is 208 g/mol. The van der Waals surface area contributed by atoms with Gasteiger partial charge in [-0.25, -0.2) is 9.97 Å². The molecule has 2 unspecified atom stereocenters. The summed E-state index contributed by atoms with van der Waals surface area (Å²) < 4.78 is 0. The van der Waals surface area contributed by atoms with E-state index in [-0.39, 0.29) is 6.10 Å². The highest BCUT2D eigenvalue weighted by atomic mass is 16.3. The summed E-state index contributed by atoms with van der Waals surface area (Å²) in [6.07, 6.45) is 2.15. The van der Waals surface area contributed by atoms with E-state index < -0.39 is 0 Å². The van der Waals surface area contributed by atoms with Crippen molar-refractivity contribution >= 4 is 11.6 Å². The molecule has 82 valence electrons. The zero-order chi connectivity index (χ0) is 10.8. The minimum Gasteiger partial charge on any atom is -0.391 e. The molecule has 0 saturated carbocycles. The molecule has 1 aromatic heterocycles. The number of rotatable bonds is 1. The van der Waals surface area contributed by atoms with Crippen LogP contribution in [0.4, 0.5) is 11.6 Å². The smallest absolute Gasteiger partial charge is 0.134 e. The van der Waals surface area contributed by atoms with Gasteiger partial charge in [0.05, 0.1) is 6.10 Å². The van der Waals surface area contributed by atoms with Crippen molar-refractivity contribution in [3.8, 4) is 0 Å². The quantitative estimate of drug-likeness (QED) is 0.692. The zero-order valence-corrected chi connectivity index (χ0v) is 8.80. The Morgan fingerprint density at radius 3 is 3.00 bits per heavy atom. The molecule has 0 aromatic carbocycles. The van der Waals surface area contributed by atoms with E-state index in [1.165, 1.54) is 6.33 Å². The topological polar surface area (TPSA) is 75.3 Å². The van der Waals surface area contributed by atoms with Crippen LogP contribution in [0.1, 0.15) is 13.3 Å². The first-order valence-electron chi connectivity index (χ1n) is 5.17. The SMILES string of the molecule is CC1CCN(c2cc(N)ncn2)CC1O. The van der Waals surface area contributed by atoms with Crippen LogP contribution in [-0.4, -0.2) is 34.3 Å². The molecule has 2 rings (SSSR count). The second kappa shape index (κ2) is 4.02. The van der Waals surface area contributed by atoms with Gasteiger partial charge in [-0.3, -0.25) is 0 Å². The van der Waals surface area contributed by atoms with Crippen molar-refractivity contribution in [1.82, 2.24) is 9.97 Å². The third-order valence-electron chi connectivity index (χ3n) is 2.92. The van der Waals surface area contributed by atoms with Gasteiger partial charge in [0.25, 0.3) is 0 Å². The number of aliphatic hydroxyl groups is 1. The number of β-amino-alcohol motifs (C(OH)–C–C–N with tert-alkyl or cyclic N) is 1. The Kier molecular flexibility index (Phi) is 2.73. The van der Waals surface area contributed by atoms with Crippen LogP contribution in [0.2, 0.25) is 0 Å². The fourth-order valence-corrected chi connectivity index (χ4v) is 1.79. The van der Waals surface area contributed by atoms with Crippen LogP contribution in [0, 0.1) is 5.92 Å². The molecule has 0 amide bonds. The maximum absolute atomic E-state index is 9.76. The zero-order valence-electron chi connectivity index (χ0n) is 8.80. The Bertz CT molecular complexity index is 344. The minimum absolute atomic E-state index is 0.282. The van der Waals surface area contributed by atoms with E-state index in [9.17, 15) is 5.11 Å². The fourth-order valence-electron chi connectivity index (χ4n) is 1.79. The highest BCUT2D eigenvalue weighted by Gasteiger charge is 2.24. The third-order valence-corrected chi connectivity index (χ3v) is 2.92. The van der Waals surface area contributed by atoms with Gasteiger partial charge < -0.3 is 15.7 Å². The molecule has 3 N–H and O–H groups in total. The Labute approximate surface area is 88.9 Å².